The Hall–Kier alpha value is -0.180. The van der Waals surface area contributed by atoms with Crippen molar-refractivity contribution >= 4 is 16.9 Å². The number of rotatable bonds is 1. The van der Waals surface area contributed by atoms with Gasteiger partial charge in [0.25, 0.3) is 0 Å². The van der Waals surface area contributed by atoms with Gasteiger partial charge in [-0.15, -0.1) is 0 Å². The van der Waals surface area contributed by atoms with Gasteiger partial charge in [-0.1, -0.05) is 50.8 Å². The molecule has 1 aliphatic heterocycles. The number of aliphatic imine (C=N–C) groups is 1. The molecule has 3 aliphatic rings. The predicted molar refractivity (Wildman–Crippen MR) is 84.9 cm³/mol. The van der Waals surface area contributed by atoms with E-state index in [1.165, 1.54) is 75.1 Å². The van der Waals surface area contributed by atoms with Crippen molar-refractivity contribution in [2.24, 2.45) is 10.9 Å². The Balaban J connectivity index is 1.58. The van der Waals surface area contributed by atoms with Crippen LogP contribution in [0.5, 0.6) is 0 Å². The molecule has 0 aromatic heterocycles. The highest BCUT2D eigenvalue weighted by Gasteiger charge is 2.38. The Kier molecular flexibility index (Phi) is 4.40. The summed E-state index contributed by atoms with van der Waals surface area (Å²) in [6, 6.07) is 0.596. The zero-order chi connectivity index (χ0) is 13.1. The topological polar surface area (TPSA) is 24.4 Å². The Morgan fingerprint density at radius 3 is 2.74 bits per heavy atom. The maximum Gasteiger partial charge on any atom is 0.157 e. The van der Waals surface area contributed by atoms with E-state index in [9.17, 15) is 0 Å². The van der Waals surface area contributed by atoms with Crippen LogP contribution >= 0.6 is 11.8 Å². The lowest BCUT2D eigenvalue weighted by atomic mass is 9.83. The second-order valence-electron chi connectivity index (χ2n) is 6.96. The first-order chi connectivity index (χ1) is 9.26. The van der Waals surface area contributed by atoms with Gasteiger partial charge in [-0.2, -0.15) is 0 Å². The van der Waals surface area contributed by atoms with Crippen LogP contribution in [0.25, 0.3) is 0 Å². The van der Waals surface area contributed by atoms with Crippen molar-refractivity contribution in [3.63, 3.8) is 0 Å². The normalized spacial score (nSPS) is 37.2. The summed E-state index contributed by atoms with van der Waals surface area (Å²) in [7, 11) is 0. The zero-order valence-electron chi connectivity index (χ0n) is 12.3. The van der Waals surface area contributed by atoms with Crippen molar-refractivity contribution in [3.05, 3.63) is 0 Å². The molecule has 2 saturated carbocycles. The van der Waals surface area contributed by atoms with Crippen LogP contribution in [0.3, 0.4) is 0 Å². The van der Waals surface area contributed by atoms with E-state index >= 15 is 0 Å². The molecule has 1 spiro atoms. The van der Waals surface area contributed by atoms with Gasteiger partial charge in [0.1, 0.15) is 0 Å². The fraction of sp³-hybridized carbons (Fsp3) is 0.938. The van der Waals surface area contributed by atoms with Crippen molar-refractivity contribution in [1.29, 1.82) is 0 Å². The lowest BCUT2D eigenvalue weighted by molar-refractivity contribution is 0.303. The third-order valence-corrected chi connectivity index (χ3v) is 6.37. The molecular formula is C16H28N2S. The Morgan fingerprint density at radius 2 is 1.89 bits per heavy atom. The van der Waals surface area contributed by atoms with Crippen LogP contribution in [0.4, 0.5) is 0 Å². The lowest BCUT2D eigenvalue weighted by Crippen LogP contribution is -2.45. The second kappa shape index (κ2) is 6.07. The second-order valence-corrected chi connectivity index (χ2v) is 7.92. The van der Waals surface area contributed by atoms with Crippen LogP contribution < -0.4 is 5.32 Å². The largest absolute Gasteiger partial charge is 0.359 e. The van der Waals surface area contributed by atoms with Gasteiger partial charge in [0, 0.05) is 11.3 Å². The highest BCUT2D eigenvalue weighted by Crippen LogP contribution is 2.36. The SMILES string of the molecule is CC1CCCC(N=C2NC3(CCCCC3)CS2)CC1. The molecule has 2 unspecified atom stereocenters. The van der Waals surface area contributed by atoms with Crippen molar-refractivity contribution < 1.29 is 0 Å². The number of hydrogen-bond donors (Lipinski definition) is 1. The average Bonchev–Trinajstić information content (AvgIpc) is 2.66. The van der Waals surface area contributed by atoms with Crippen molar-refractivity contribution in [3.8, 4) is 0 Å². The monoisotopic (exact) mass is 280 g/mol. The minimum Gasteiger partial charge on any atom is -0.359 e. The summed E-state index contributed by atoms with van der Waals surface area (Å²) in [4.78, 5) is 5.05. The summed E-state index contributed by atoms with van der Waals surface area (Å²) in [5.74, 6) is 2.17. The van der Waals surface area contributed by atoms with E-state index in [0.29, 0.717) is 11.6 Å². The molecule has 1 heterocycles. The molecule has 2 atom stereocenters. The van der Waals surface area contributed by atoms with E-state index in [-0.39, 0.29) is 0 Å². The first kappa shape index (κ1) is 13.8. The molecule has 1 saturated heterocycles. The molecule has 108 valence electrons. The summed E-state index contributed by atoms with van der Waals surface area (Å²) >= 11 is 1.99. The molecular weight excluding hydrogens is 252 g/mol. The van der Waals surface area contributed by atoms with E-state index < -0.39 is 0 Å². The van der Waals surface area contributed by atoms with Gasteiger partial charge < -0.3 is 5.32 Å². The van der Waals surface area contributed by atoms with Crippen LogP contribution in [-0.4, -0.2) is 22.5 Å². The predicted octanol–water partition coefficient (Wildman–Crippen LogP) is 4.35. The van der Waals surface area contributed by atoms with Crippen molar-refractivity contribution in [2.75, 3.05) is 5.75 Å². The molecule has 0 aromatic carbocycles. The van der Waals surface area contributed by atoms with Crippen LogP contribution in [0.1, 0.15) is 71.1 Å². The van der Waals surface area contributed by atoms with E-state index in [1.807, 2.05) is 11.8 Å². The summed E-state index contributed by atoms with van der Waals surface area (Å²) in [5.41, 5.74) is 0.416. The Bertz CT molecular complexity index is 334. The van der Waals surface area contributed by atoms with E-state index in [4.69, 9.17) is 4.99 Å². The third-order valence-electron chi connectivity index (χ3n) is 5.19. The van der Waals surface area contributed by atoms with Gasteiger partial charge in [0.2, 0.25) is 0 Å². The number of amidine groups is 1. The van der Waals surface area contributed by atoms with Crippen molar-refractivity contribution in [2.45, 2.75) is 82.7 Å². The Morgan fingerprint density at radius 1 is 1.05 bits per heavy atom. The standard InChI is InChI=1S/C16H28N2S/c1-13-6-5-7-14(9-8-13)17-15-18-16(12-19-15)10-3-2-4-11-16/h13-14H,2-12H2,1H3,(H,17,18). The molecule has 0 aromatic rings. The summed E-state index contributed by atoms with van der Waals surface area (Å²) in [6.45, 7) is 2.40. The molecule has 0 amide bonds. The summed E-state index contributed by atoms with van der Waals surface area (Å²) in [5, 5.41) is 5.06. The smallest absolute Gasteiger partial charge is 0.157 e. The molecule has 3 heteroatoms. The van der Waals surface area contributed by atoms with Gasteiger partial charge in [0.05, 0.1) is 6.04 Å². The van der Waals surface area contributed by atoms with Gasteiger partial charge in [-0.3, -0.25) is 4.99 Å². The first-order valence-electron chi connectivity index (χ1n) is 8.25. The van der Waals surface area contributed by atoms with E-state index in [2.05, 4.69) is 12.2 Å². The number of nitrogens with zero attached hydrogens (tertiary/aromatic N) is 1. The molecule has 19 heavy (non-hydrogen) atoms. The minimum absolute atomic E-state index is 0.416. The molecule has 1 N–H and O–H groups in total. The highest BCUT2D eigenvalue weighted by atomic mass is 32.2. The molecule has 3 rings (SSSR count). The third kappa shape index (κ3) is 3.48. The maximum atomic E-state index is 5.05. The van der Waals surface area contributed by atoms with Gasteiger partial charge >= 0.3 is 0 Å². The van der Waals surface area contributed by atoms with Gasteiger partial charge in [-0.25, -0.2) is 0 Å². The fourth-order valence-corrected chi connectivity index (χ4v) is 5.12. The lowest BCUT2D eigenvalue weighted by Gasteiger charge is -2.32. The van der Waals surface area contributed by atoms with Crippen LogP contribution in [0.15, 0.2) is 4.99 Å². The van der Waals surface area contributed by atoms with Crippen molar-refractivity contribution in [1.82, 2.24) is 5.32 Å². The molecule has 0 radical (unpaired) electrons. The highest BCUT2D eigenvalue weighted by molar-refractivity contribution is 8.14. The van der Waals surface area contributed by atoms with E-state index in [0.717, 1.165) is 5.92 Å². The number of hydrogen-bond acceptors (Lipinski definition) is 2. The quantitative estimate of drug-likeness (QED) is 0.722. The summed E-state index contributed by atoms with van der Waals surface area (Å²) in [6.07, 6.45) is 13.7. The minimum atomic E-state index is 0.416. The molecule has 2 aliphatic carbocycles. The van der Waals surface area contributed by atoms with Crippen LogP contribution in [-0.2, 0) is 0 Å². The zero-order valence-corrected chi connectivity index (χ0v) is 13.1. The van der Waals surface area contributed by atoms with E-state index in [1.54, 1.807) is 0 Å². The molecule has 0 bridgehead atoms. The molecule has 2 nitrogen and oxygen atoms in total. The number of thioether (sulfide) groups is 1. The van der Waals surface area contributed by atoms with Gasteiger partial charge in [-0.05, 0) is 38.0 Å². The Labute approximate surface area is 122 Å². The average molecular weight is 280 g/mol. The van der Waals surface area contributed by atoms with Crippen LogP contribution in [0, 0.1) is 5.92 Å². The summed E-state index contributed by atoms with van der Waals surface area (Å²) < 4.78 is 0. The number of nitrogens with one attached hydrogen (secondary N) is 1. The maximum absolute atomic E-state index is 5.05. The fourth-order valence-electron chi connectivity index (χ4n) is 3.84. The van der Waals surface area contributed by atoms with Gasteiger partial charge in [0.15, 0.2) is 5.17 Å². The first-order valence-corrected chi connectivity index (χ1v) is 9.23. The molecule has 3 fully saturated rings. The van der Waals surface area contributed by atoms with Crippen LogP contribution in [0.2, 0.25) is 0 Å².